The average Bonchev–Trinajstić information content (AvgIpc) is 2.52. The highest BCUT2D eigenvalue weighted by Gasteiger charge is 2.14. The number of aromatic nitrogens is 1. The summed E-state index contributed by atoms with van der Waals surface area (Å²) in [6, 6.07) is 10.6. The number of halogens is 1. The fourth-order valence-corrected chi connectivity index (χ4v) is 3.10. The van der Waals surface area contributed by atoms with Crippen molar-refractivity contribution in [1.29, 1.82) is 0 Å². The van der Waals surface area contributed by atoms with E-state index in [1.807, 2.05) is 24.3 Å². The largest absolute Gasteiger partial charge is 0.492 e. The number of benzene rings is 1. The van der Waals surface area contributed by atoms with Crippen LogP contribution in [0.4, 0.5) is 0 Å². The van der Waals surface area contributed by atoms with Crippen LogP contribution in [0.5, 0.6) is 5.75 Å². The number of nitrogens with zero attached hydrogens (tertiary/aromatic N) is 1. The van der Waals surface area contributed by atoms with Crippen molar-refractivity contribution in [2.75, 3.05) is 13.2 Å². The summed E-state index contributed by atoms with van der Waals surface area (Å²) in [5.41, 5.74) is 1.09. The first kappa shape index (κ1) is 17.7. The van der Waals surface area contributed by atoms with Crippen LogP contribution in [0, 0.1) is 0 Å². The summed E-state index contributed by atoms with van der Waals surface area (Å²) in [6.45, 7) is 4.57. The smallest absolute Gasteiger partial charge is 0.242 e. The van der Waals surface area contributed by atoms with Gasteiger partial charge in [-0.2, -0.15) is 0 Å². The van der Waals surface area contributed by atoms with Crippen molar-refractivity contribution in [3.05, 3.63) is 53.3 Å². The van der Waals surface area contributed by atoms with Gasteiger partial charge in [-0.25, -0.2) is 18.1 Å². The molecule has 0 aliphatic rings. The Labute approximate surface area is 141 Å². The van der Waals surface area contributed by atoms with Gasteiger partial charge in [-0.15, -0.1) is 0 Å². The molecule has 0 aliphatic heterocycles. The fourth-order valence-electron chi connectivity index (χ4n) is 2.03. The van der Waals surface area contributed by atoms with Gasteiger partial charge in [-0.05, 0) is 29.7 Å². The van der Waals surface area contributed by atoms with Crippen molar-refractivity contribution >= 4 is 21.6 Å². The van der Waals surface area contributed by atoms with Gasteiger partial charge in [-0.1, -0.05) is 43.6 Å². The van der Waals surface area contributed by atoms with E-state index in [1.54, 1.807) is 0 Å². The zero-order valence-electron chi connectivity index (χ0n) is 13.0. The van der Waals surface area contributed by atoms with E-state index in [0.29, 0.717) is 5.92 Å². The van der Waals surface area contributed by atoms with Gasteiger partial charge in [0.05, 0.1) is 0 Å². The molecule has 0 bridgehead atoms. The molecule has 0 atom stereocenters. The molecule has 1 aromatic carbocycles. The molecule has 5 nitrogen and oxygen atoms in total. The Morgan fingerprint density at radius 2 is 1.96 bits per heavy atom. The number of nitrogens with one attached hydrogen (secondary N) is 1. The van der Waals surface area contributed by atoms with E-state index < -0.39 is 10.0 Å². The van der Waals surface area contributed by atoms with E-state index in [4.69, 9.17) is 16.3 Å². The molecule has 0 aliphatic carbocycles. The van der Waals surface area contributed by atoms with Crippen LogP contribution < -0.4 is 9.46 Å². The number of para-hydroxylation sites is 1. The highest BCUT2D eigenvalue weighted by molar-refractivity contribution is 7.89. The minimum atomic E-state index is -3.61. The van der Waals surface area contributed by atoms with E-state index in [9.17, 15) is 8.42 Å². The third kappa shape index (κ3) is 4.92. The molecule has 0 fully saturated rings. The first-order chi connectivity index (χ1) is 10.9. The summed E-state index contributed by atoms with van der Waals surface area (Å²) in [4.78, 5) is 3.84. The van der Waals surface area contributed by atoms with E-state index >= 15 is 0 Å². The Morgan fingerprint density at radius 3 is 2.61 bits per heavy atom. The number of rotatable bonds is 7. The molecule has 0 spiro atoms. The third-order valence-electron chi connectivity index (χ3n) is 3.20. The van der Waals surface area contributed by atoms with E-state index in [0.717, 1.165) is 11.3 Å². The maximum absolute atomic E-state index is 12.1. The Kier molecular flexibility index (Phi) is 5.98. The fraction of sp³-hybridized carbons (Fsp3) is 0.312. The highest BCUT2D eigenvalue weighted by atomic mass is 35.5. The van der Waals surface area contributed by atoms with Crippen molar-refractivity contribution in [1.82, 2.24) is 9.71 Å². The monoisotopic (exact) mass is 354 g/mol. The molecular formula is C16H19ClN2O3S. The maximum atomic E-state index is 12.1. The van der Waals surface area contributed by atoms with Gasteiger partial charge in [-0.3, -0.25) is 0 Å². The second-order valence-electron chi connectivity index (χ2n) is 5.26. The van der Waals surface area contributed by atoms with Crippen LogP contribution in [0.1, 0.15) is 25.3 Å². The summed E-state index contributed by atoms with van der Waals surface area (Å²) in [6.07, 6.45) is 1.22. The summed E-state index contributed by atoms with van der Waals surface area (Å²) >= 11 is 5.65. The number of hydrogen-bond acceptors (Lipinski definition) is 4. The predicted molar refractivity (Wildman–Crippen MR) is 90.5 cm³/mol. The molecule has 0 saturated heterocycles. The lowest BCUT2D eigenvalue weighted by molar-refractivity contribution is 0.318. The molecule has 1 heterocycles. The van der Waals surface area contributed by atoms with Gasteiger partial charge in [0, 0.05) is 12.7 Å². The highest BCUT2D eigenvalue weighted by Crippen LogP contribution is 2.25. The van der Waals surface area contributed by atoms with Crippen molar-refractivity contribution in [2.45, 2.75) is 24.7 Å². The van der Waals surface area contributed by atoms with Crippen LogP contribution >= 0.6 is 11.6 Å². The van der Waals surface area contributed by atoms with Gasteiger partial charge in [0.25, 0.3) is 0 Å². The number of hydrogen-bond donors (Lipinski definition) is 1. The number of sulfonamides is 1. The Bertz CT molecular complexity index is 746. The van der Waals surface area contributed by atoms with Crippen molar-refractivity contribution in [3.8, 4) is 5.75 Å². The van der Waals surface area contributed by atoms with E-state index in [-0.39, 0.29) is 23.2 Å². The Balaban J connectivity index is 1.91. The zero-order valence-corrected chi connectivity index (χ0v) is 14.6. The molecular weight excluding hydrogens is 336 g/mol. The van der Waals surface area contributed by atoms with Crippen LogP contribution in [0.2, 0.25) is 5.15 Å². The molecule has 0 amide bonds. The van der Waals surface area contributed by atoms with Gasteiger partial charge < -0.3 is 4.74 Å². The molecule has 0 saturated carbocycles. The summed E-state index contributed by atoms with van der Waals surface area (Å²) in [5.74, 6) is 1.11. The first-order valence-corrected chi connectivity index (χ1v) is 9.09. The molecule has 7 heteroatoms. The first-order valence-electron chi connectivity index (χ1n) is 7.23. The molecule has 0 radical (unpaired) electrons. The third-order valence-corrected chi connectivity index (χ3v) is 4.87. The van der Waals surface area contributed by atoms with Crippen LogP contribution in [0.15, 0.2) is 47.5 Å². The van der Waals surface area contributed by atoms with Crippen molar-refractivity contribution in [2.24, 2.45) is 0 Å². The molecule has 1 aromatic heterocycles. The van der Waals surface area contributed by atoms with E-state index in [1.165, 1.54) is 18.3 Å². The van der Waals surface area contributed by atoms with Crippen LogP contribution in [0.25, 0.3) is 0 Å². The van der Waals surface area contributed by atoms with Crippen molar-refractivity contribution < 1.29 is 13.2 Å². The summed E-state index contributed by atoms with van der Waals surface area (Å²) < 4.78 is 32.3. The lowest BCUT2D eigenvalue weighted by Crippen LogP contribution is -2.28. The molecule has 0 unspecified atom stereocenters. The summed E-state index contributed by atoms with van der Waals surface area (Å²) in [7, 11) is -3.61. The normalized spacial score (nSPS) is 11.7. The maximum Gasteiger partial charge on any atom is 0.242 e. The SMILES string of the molecule is CC(C)c1ccccc1OCCNS(=O)(=O)c1ccc(Cl)nc1. The van der Waals surface area contributed by atoms with E-state index in [2.05, 4.69) is 23.6 Å². The standard InChI is InChI=1S/C16H19ClN2O3S/c1-12(2)14-5-3-4-6-15(14)22-10-9-19-23(20,21)13-7-8-16(17)18-11-13/h3-8,11-12,19H,9-10H2,1-2H3. The average molecular weight is 355 g/mol. The van der Waals surface area contributed by atoms with Crippen molar-refractivity contribution in [3.63, 3.8) is 0 Å². The van der Waals surface area contributed by atoms with Crippen LogP contribution in [-0.2, 0) is 10.0 Å². The second-order valence-corrected chi connectivity index (χ2v) is 7.41. The van der Waals surface area contributed by atoms with Gasteiger partial charge in [0.2, 0.25) is 10.0 Å². The van der Waals surface area contributed by atoms with Crippen LogP contribution in [0.3, 0.4) is 0 Å². The Morgan fingerprint density at radius 1 is 1.22 bits per heavy atom. The topological polar surface area (TPSA) is 68.3 Å². The van der Waals surface area contributed by atoms with Crippen LogP contribution in [-0.4, -0.2) is 26.6 Å². The minimum Gasteiger partial charge on any atom is -0.492 e. The lowest BCUT2D eigenvalue weighted by Gasteiger charge is -2.14. The van der Waals surface area contributed by atoms with Gasteiger partial charge >= 0.3 is 0 Å². The number of pyridine rings is 1. The summed E-state index contributed by atoms with van der Waals surface area (Å²) in [5, 5.41) is 0.248. The quantitative estimate of drug-likeness (QED) is 0.612. The predicted octanol–water partition coefficient (Wildman–Crippen LogP) is 3.22. The lowest BCUT2D eigenvalue weighted by atomic mass is 10.0. The molecule has 2 aromatic rings. The molecule has 124 valence electrons. The van der Waals surface area contributed by atoms with Gasteiger partial charge in [0.15, 0.2) is 0 Å². The minimum absolute atomic E-state index is 0.0736. The zero-order chi connectivity index (χ0) is 16.9. The number of ether oxygens (including phenoxy) is 1. The Hall–Kier alpha value is -1.63. The molecule has 2 rings (SSSR count). The molecule has 23 heavy (non-hydrogen) atoms. The molecule has 1 N–H and O–H groups in total. The van der Waals surface area contributed by atoms with Gasteiger partial charge in [0.1, 0.15) is 22.4 Å². The second kappa shape index (κ2) is 7.77.